The van der Waals surface area contributed by atoms with E-state index in [1.165, 1.54) is 18.5 Å². The maximum absolute atomic E-state index is 12.0. The van der Waals surface area contributed by atoms with Gasteiger partial charge in [0.05, 0.1) is 0 Å². The molecule has 1 N–H and O–H groups in total. The van der Waals surface area contributed by atoms with E-state index < -0.39 is 12.1 Å². The minimum atomic E-state index is -0.515. The Hall–Kier alpha value is -2.08. The second-order valence-electron chi connectivity index (χ2n) is 6.35. The Bertz CT molecular complexity index is 605. The molecule has 0 radical (unpaired) electrons. The van der Waals surface area contributed by atoms with Crippen LogP contribution in [0.2, 0.25) is 0 Å². The van der Waals surface area contributed by atoms with Crippen LogP contribution in [0.4, 0.5) is 11.4 Å². The van der Waals surface area contributed by atoms with Crippen LogP contribution >= 0.6 is 0 Å². The number of esters is 1. The second-order valence-corrected chi connectivity index (χ2v) is 6.35. The Morgan fingerprint density at radius 1 is 1.29 bits per heavy atom. The summed E-state index contributed by atoms with van der Waals surface area (Å²) in [6.07, 6.45) is 3.46. The summed E-state index contributed by atoms with van der Waals surface area (Å²) < 4.78 is 10.3. The van der Waals surface area contributed by atoms with Crippen molar-refractivity contribution in [1.29, 1.82) is 0 Å². The van der Waals surface area contributed by atoms with Gasteiger partial charge in [0.15, 0.2) is 12.7 Å². The van der Waals surface area contributed by atoms with Gasteiger partial charge in [0.1, 0.15) is 0 Å². The largest absolute Gasteiger partial charge is 0.454 e. The van der Waals surface area contributed by atoms with Crippen molar-refractivity contribution in [3.8, 4) is 0 Å². The van der Waals surface area contributed by atoms with Crippen LogP contribution in [-0.2, 0) is 19.1 Å². The van der Waals surface area contributed by atoms with Crippen LogP contribution in [0.25, 0.3) is 0 Å². The van der Waals surface area contributed by atoms with Gasteiger partial charge >= 0.3 is 5.97 Å². The lowest BCUT2D eigenvalue weighted by atomic mass is 10.1. The molecule has 0 saturated carbocycles. The maximum Gasteiger partial charge on any atom is 0.335 e. The van der Waals surface area contributed by atoms with Crippen molar-refractivity contribution < 1.29 is 19.1 Å². The van der Waals surface area contributed by atoms with Crippen LogP contribution in [0.5, 0.6) is 0 Å². The second kappa shape index (κ2) is 7.66. The zero-order valence-electron chi connectivity index (χ0n) is 14.0. The lowest BCUT2D eigenvalue weighted by Gasteiger charge is -2.19. The molecule has 3 rings (SSSR count). The van der Waals surface area contributed by atoms with Crippen molar-refractivity contribution >= 4 is 23.3 Å². The Kier molecular flexibility index (Phi) is 5.35. The minimum Gasteiger partial charge on any atom is -0.454 e. The molecule has 6 nitrogen and oxygen atoms in total. The molecule has 2 fully saturated rings. The third kappa shape index (κ3) is 4.06. The van der Waals surface area contributed by atoms with Gasteiger partial charge in [-0.3, -0.25) is 4.79 Å². The lowest BCUT2D eigenvalue weighted by molar-refractivity contribution is -0.156. The number of carbonyl (C=O) groups is 2. The summed E-state index contributed by atoms with van der Waals surface area (Å²) in [5.74, 6) is -0.790. The fraction of sp³-hybridized carbons (Fsp3) is 0.556. The number of hydrogen-bond acceptors (Lipinski definition) is 5. The summed E-state index contributed by atoms with van der Waals surface area (Å²) >= 11 is 0. The topological polar surface area (TPSA) is 67.9 Å². The van der Waals surface area contributed by atoms with Gasteiger partial charge in [0, 0.05) is 31.1 Å². The fourth-order valence-corrected chi connectivity index (χ4v) is 3.14. The highest BCUT2D eigenvalue weighted by molar-refractivity contribution is 5.94. The van der Waals surface area contributed by atoms with Gasteiger partial charge in [-0.05, 0) is 56.4 Å². The molecule has 2 aliphatic rings. The predicted molar refractivity (Wildman–Crippen MR) is 91.2 cm³/mol. The number of nitrogens with zero attached hydrogens (tertiary/aromatic N) is 1. The van der Waals surface area contributed by atoms with Crippen LogP contribution in [0.15, 0.2) is 18.2 Å². The molecular formula is C18H24N2O4. The molecule has 2 aliphatic heterocycles. The molecule has 2 saturated heterocycles. The number of anilines is 2. The van der Waals surface area contributed by atoms with Crippen molar-refractivity contribution in [3.63, 3.8) is 0 Å². The molecule has 2 heterocycles. The predicted octanol–water partition coefficient (Wildman–Crippen LogP) is 2.26. The maximum atomic E-state index is 12.0. The summed E-state index contributed by atoms with van der Waals surface area (Å²) in [5.41, 5.74) is 2.93. The highest BCUT2D eigenvalue weighted by Crippen LogP contribution is 2.25. The molecular weight excluding hydrogens is 308 g/mol. The van der Waals surface area contributed by atoms with Crippen molar-refractivity contribution in [1.82, 2.24) is 0 Å². The Morgan fingerprint density at radius 2 is 2.08 bits per heavy atom. The number of nitrogens with one attached hydrogen (secondary N) is 1. The molecule has 1 atom stereocenters. The molecule has 1 aromatic rings. The van der Waals surface area contributed by atoms with E-state index in [9.17, 15) is 9.59 Å². The summed E-state index contributed by atoms with van der Waals surface area (Å²) in [6.45, 7) is 4.43. The van der Waals surface area contributed by atoms with Crippen molar-refractivity contribution in [2.45, 2.75) is 38.7 Å². The number of amides is 1. The molecule has 6 heteroatoms. The molecule has 1 amide bonds. The Balaban J connectivity index is 1.51. The van der Waals surface area contributed by atoms with Gasteiger partial charge in [-0.15, -0.1) is 0 Å². The van der Waals surface area contributed by atoms with E-state index in [2.05, 4.69) is 16.3 Å². The highest BCUT2D eigenvalue weighted by Gasteiger charge is 2.25. The first-order valence-electron chi connectivity index (χ1n) is 8.57. The molecule has 130 valence electrons. The molecule has 1 unspecified atom stereocenters. The summed E-state index contributed by atoms with van der Waals surface area (Å²) in [6, 6.07) is 6.01. The monoisotopic (exact) mass is 332 g/mol. The van der Waals surface area contributed by atoms with E-state index in [1.807, 2.05) is 19.1 Å². The van der Waals surface area contributed by atoms with E-state index in [0.29, 0.717) is 13.0 Å². The van der Waals surface area contributed by atoms with Crippen LogP contribution in [0, 0.1) is 6.92 Å². The Morgan fingerprint density at radius 3 is 2.75 bits per heavy atom. The van der Waals surface area contributed by atoms with Crippen LogP contribution in [-0.4, -0.2) is 44.3 Å². The zero-order valence-corrected chi connectivity index (χ0v) is 14.0. The smallest absolute Gasteiger partial charge is 0.335 e. The SMILES string of the molecule is Cc1cc(N2CCCC2)ccc1NC(=O)COC(=O)C1CCCO1. The minimum absolute atomic E-state index is 0.286. The average molecular weight is 332 g/mol. The fourth-order valence-electron chi connectivity index (χ4n) is 3.14. The van der Waals surface area contributed by atoms with Gasteiger partial charge < -0.3 is 19.7 Å². The van der Waals surface area contributed by atoms with E-state index in [-0.39, 0.29) is 12.5 Å². The number of carbonyl (C=O) groups excluding carboxylic acids is 2. The average Bonchev–Trinajstić information content (AvgIpc) is 3.27. The summed E-state index contributed by atoms with van der Waals surface area (Å²) in [4.78, 5) is 26.1. The van der Waals surface area contributed by atoms with E-state index in [1.54, 1.807) is 0 Å². The number of aryl methyl sites for hydroxylation is 1. The van der Waals surface area contributed by atoms with Crippen LogP contribution in [0.3, 0.4) is 0 Å². The quantitative estimate of drug-likeness (QED) is 0.838. The molecule has 0 aromatic heterocycles. The third-order valence-electron chi connectivity index (χ3n) is 4.49. The normalized spacial score (nSPS) is 20.2. The first-order chi connectivity index (χ1) is 11.6. The number of benzene rings is 1. The van der Waals surface area contributed by atoms with E-state index in [4.69, 9.17) is 9.47 Å². The third-order valence-corrected chi connectivity index (χ3v) is 4.49. The van der Waals surface area contributed by atoms with Gasteiger partial charge in [0.25, 0.3) is 5.91 Å². The van der Waals surface area contributed by atoms with E-state index >= 15 is 0 Å². The highest BCUT2D eigenvalue weighted by atomic mass is 16.6. The zero-order chi connectivity index (χ0) is 16.9. The summed E-state index contributed by atoms with van der Waals surface area (Å²) in [5, 5.41) is 2.80. The number of rotatable bonds is 5. The number of hydrogen-bond donors (Lipinski definition) is 1. The molecule has 0 bridgehead atoms. The van der Waals surface area contributed by atoms with Crippen molar-refractivity contribution in [3.05, 3.63) is 23.8 Å². The standard InChI is InChI=1S/C18H24N2O4/c1-13-11-14(20-8-2-3-9-20)6-7-15(13)19-17(21)12-24-18(22)16-5-4-10-23-16/h6-7,11,16H,2-5,8-10,12H2,1H3,(H,19,21). The molecule has 24 heavy (non-hydrogen) atoms. The number of ether oxygens (including phenoxy) is 2. The first kappa shape index (κ1) is 16.8. The Labute approximate surface area is 142 Å². The summed E-state index contributed by atoms with van der Waals surface area (Å²) in [7, 11) is 0. The van der Waals surface area contributed by atoms with Gasteiger partial charge in [-0.2, -0.15) is 0 Å². The van der Waals surface area contributed by atoms with E-state index in [0.717, 1.165) is 30.8 Å². The van der Waals surface area contributed by atoms with Gasteiger partial charge in [-0.1, -0.05) is 0 Å². The van der Waals surface area contributed by atoms with Crippen LogP contribution in [0.1, 0.15) is 31.2 Å². The molecule has 0 aliphatic carbocycles. The first-order valence-corrected chi connectivity index (χ1v) is 8.57. The molecule has 0 spiro atoms. The van der Waals surface area contributed by atoms with Gasteiger partial charge in [-0.25, -0.2) is 4.79 Å². The lowest BCUT2D eigenvalue weighted by Crippen LogP contribution is -2.27. The van der Waals surface area contributed by atoms with Crippen molar-refractivity contribution in [2.75, 3.05) is 36.5 Å². The van der Waals surface area contributed by atoms with Crippen LogP contribution < -0.4 is 10.2 Å². The molecule has 1 aromatic carbocycles. The van der Waals surface area contributed by atoms with Crippen molar-refractivity contribution in [2.24, 2.45) is 0 Å². The van der Waals surface area contributed by atoms with Gasteiger partial charge in [0.2, 0.25) is 0 Å².